The maximum absolute atomic E-state index is 12.4. The summed E-state index contributed by atoms with van der Waals surface area (Å²) in [4.78, 5) is 16.8. The van der Waals surface area contributed by atoms with E-state index in [0.29, 0.717) is 12.3 Å². The lowest BCUT2D eigenvalue weighted by Gasteiger charge is -2.26. The predicted molar refractivity (Wildman–Crippen MR) is 110 cm³/mol. The number of rotatable bonds is 8. The average molecular weight is 396 g/mol. The van der Waals surface area contributed by atoms with E-state index in [1.165, 1.54) is 0 Å². The smallest absolute Gasteiger partial charge is 0.411 e. The number of aromatic nitrogens is 1. The van der Waals surface area contributed by atoms with Crippen LogP contribution in [0.2, 0.25) is 0 Å². The van der Waals surface area contributed by atoms with Crippen LogP contribution >= 0.6 is 0 Å². The molecule has 0 aliphatic heterocycles. The van der Waals surface area contributed by atoms with Gasteiger partial charge in [-0.2, -0.15) is 0 Å². The molecule has 2 rings (SSSR count). The molecule has 1 amide bonds. The van der Waals surface area contributed by atoms with Gasteiger partial charge in [-0.15, -0.1) is 4.72 Å². The zero-order valence-electron chi connectivity index (χ0n) is 17.3. The molecule has 6 nitrogen and oxygen atoms in total. The zero-order chi connectivity index (χ0) is 20.2. The molecule has 2 N–H and O–H groups in total. The zero-order valence-corrected chi connectivity index (χ0v) is 18.2. The summed E-state index contributed by atoms with van der Waals surface area (Å²) in [5.74, 6) is 0. The van der Waals surface area contributed by atoms with Gasteiger partial charge in [0.2, 0.25) is 0 Å². The summed E-state index contributed by atoms with van der Waals surface area (Å²) >= 11 is -1.20. The number of pyridine rings is 1. The van der Waals surface area contributed by atoms with Crippen molar-refractivity contribution in [2.24, 2.45) is 0 Å². The van der Waals surface area contributed by atoms with E-state index in [4.69, 9.17) is 9.72 Å². The van der Waals surface area contributed by atoms with Crippen LogP contribution in [0.15, 0.2) is 12.1 Å². The third-order valence-corrected chi connectivity index (χ3v) is 6.40. The first kappa shape index (κ1) is 22.0. The van der Waals surface area contributed by atoms with Crippen LogP contribution in [-0.2, 0) is 21.5 Å². The third kappa shape index (κ3) is 6.36. The minimum Gasteiger partial charge on any atom is -0.598 e. The molecule has 2 atom stereocenters. The summed E-state index contributed by atoms with van der Waals surface area (Å²) in [6.45, 7) is 12.4. The molecule has 152 valence electrons. The molecule has 0 spiro atoms. The van der Waals surface area contributed by atoms with Crippen LogP contribution in [0, 0.1) is 0 Å². The van der Waals surface area contributed by atoms with Gasteiger partial charge in [0.25, 0.3) is 0 Å². The van der Waals surface area contributed by atoms with Gasteiger partial charge >= 0.3 is 6.09 Å². The third-order valence-electron chi connectivity index (χ3n) is 4.72. The summed E-state index contributed by atoms with van der Waals surface area (Å²) < 4.78 is 20.4. The molecule has 1 aliphatic carbocycles. The van der Waals surface area contributed by atoms with Crippen molar-refractivity contribution in [2.45, 2.75) is 83.4 Å². The first-order valence-electron chi connectivity index (χ1n) is 9.69. The molecule has 0 saturated heterocycles. The van der Waals surface area contributed by atoms with E-state index in [2.05, 4.69) is 23.9 Å². The van der Waals surface area contributed by atoms with Crippen LogP contribution in [0.3, 0.4) is 0 Å². The van der Waals surface area contributed by atoms with Crippen molar-refractivity contribution in [2.75, 3.05) is 11.9 Å². The van der Waals surface area contributed by atoms with Gasteiger partial charge in [0, 0.05) is 28.2 Å². The van der Waals surface area contributed by atoms with Crippen molar-refractivity contribution < 1.29 is 14.1 Å². The number of carbonyl (C=O) groups excluding carboxylic acids is 1. The van der Waals surface area contributed by atoms with Gasteiger partial charge in [0.15, 0.2) is 0 Å². The van der Waals surface area contributed by atoms with Crippen LogP contribution in [-0.4, -0.2) is 27.0 Å². The fourth-order valence-corrected chi connectivity index (χ4v) is 3.26. The van der Waals surface area contributed by atoms with Crippen LogP contribution in [0.1, 0.15) is 84.7 Å². The minimum absolute atomic E-state index is 0.0570. The van der Waals surface area contributed by atoms with Gasteiger partial charge in [0.1, 0.15) is 4.75 Å². The van der Waals surface area contributed by atoms with E-state index in [1.807, 2.05) is 39.8 Å². The van der Waals surface area contributed by atoms with E-state index < -0.39 is 17.5 Å². The lowest BCUT2D eigenvalue weighted by molar-refractivity contribution is 0.160. The van der Waals surface area contributed by atoms with E-state index in [0.717, 1.165) is 37.1 Å². The number of unbranched alkanes of at least 4 members (excludes halogenated alkanes) is 1. The summed E-state index contributed by atoms with van der Waals surface area (Å²) in [6.07, 6.45) is 3.53. The van der Waals surface area contributed by atoms with E-state index >= 15 is 0 Å². The second kappa shape index (κ2) is 8.80. The Hall–Kier alpha value is -1.31. The molecule has 1 aromatic heterocycles. The minimum atomic E-state index is -1.20. The fraction of sp³-hybridized carbons (Fsp3) is 0.700. The van der Waals surface area contributed by atoms with Crippen LogP contribution in [0.5, 0.6) is 0 Å². The van der Waals surface area contributed by atoms with Gasteiger partial charge in [0.05, 0.1) is 18.3 Å². The van der Waals surface area contributed by atoms with Crippen LogP contribution in [0.25, 0.3) is 0 Å². The number of nitrogens with zero attached hydrogens (tertiary/aromatic N) is 1. The molecule has 7 heteroatoms. The van der Waals surface area contributed by atoms with Crippen LogP contribution < -0.4 is 10.0 Å². The quantitative estimate of drug-likeness (QED) is 0.496. The Balaban J connectivity index is 2.17. The molecule has 27 heavy (non-hydrogen) atoms. The van der Waals surface area contributed by atoms with Crippen molar-refractivity contribution in [3.8, 4) is 0 Å². The highest BCUT2D eigenvalue weighted by Gasteiger charge is 2.41. The Labute approximate surface area is 166 Å². The molecule has 2 unspecified atom stereocenters. The van der Waals surface area contributed by atoms with Crippen LogP contribution in [0.4, 0.5) is 10.5 Å². The molecule has 1 aromatic rings. The maximum atomic E-state index is 12.4. The van der Waals surface area contributed by atoms with E-state index in [1.54, 1.807) is 0 Å². The summed E-state index contributed by atoms with van der Waals surface area (Å²) in [6, 6.07) is 3.54. The molecular weight excluding hydrogens is 362 g/mol. The summed E-state index contributed by atoms with van der Waals surface area (Å²) in [7, 11) is 0. The lowest BCUT2D eigenvalue weighted by atomic mass is 10.0. The highest BCUT2D eigenvalue weighted by atomic mass is 32.2. The number of carbonyl (C=O) groups is 1. The second-order valence-electron chi connectivity index (χ2n) is 8.56. The molecule has 0 radical (unpaired) electrons. The monoisotopic (exact) mass is 395 g/mol. The number of anilines is 1. The predicted octanol–water partition coefficient (Wildman–Crippen LogP) is 4.59. The highest BCUT2D eigenvalue weighted by Crippen LogP contribution is 2.47. The summed E-state index contributed by atoms with van der Waals surface area (Å²) in [5.41, 5.74) is 2.45. The second-order valence-corrected chi connectivity index (χ2v) is 10.6. The standard InChI is InChI=1S/C20H33N3O3S/c1-7-8-11-26-18(24)21-15-12-16(14(2)23-27(25)19(3,4)5)22-17(13-15)20(6)9-10-20/h12-14,23H,7-11H2,1-6H3,(H,21,22,24). The number of nitrogens with one attached hydrogen (secondary N) is 2. The van der Waals surface area contributed by atoms with E-state index in [-0.39, 0.29) is 16.2 Å². The van der Waals surface area contributed by atoms with Crippen molar-refractivity contribution in [1.29, 1.82) is 0 Å². The first-order valence-corrected chi connectivity index (χ1v) is 10.8. The molecular formula is C20H33N3O3S. The highest BCUT2D eigenvalue weighted by molar-refractivity contribution is 7.90. The average Bonchev–Trinajstić information content (AvgIpc) is 3.33. The van der Waals surface area contributed by atoms with Crippen molar-refractivity contribution in [3.05, 3.63) is 23.5 Å². The van der Waals surface area contributed by atoms with Gasteiger partial charge in [-0.1, -0.05) is 20.3 Å². The molecule has 0 aromatic carbocycles. The lowest BCUT2D eigenvalue weighted by Crippen LogP contribution is -2.40. The Morgan fingerprint density at radius 3 is 2.63 bits per heavy atom. The Kier molecular flexibility index (Phi) is 7.16. The SMILES string of the molecule is CCCCOC(=O)Nc1cc(C(C)N[S+]([O-])C(C)(C)C)nc(C2(C)CC2)c1. The molecule has 0 bridgehead atoms. The van der Waals surface area contributed by atoms with Crippen molar-refractivity contribution in [3.63, 3.8) is 0 Å². The number of ether oxygens (including phenoxy) is 1. The van der Waals surface area contributed by atoms with Crippen molar-refractivity contribution >= 4 is 23.1 Å². The van der Waals surface area contributed by atoms with Gasteiger partial charge in [-0.3, -0.25) is 10.3 Å². The molecule has 1 saturated carbocycles. The molecule has 1 heterocycles. The summed E-state index contributed by atoms with van der Waals surface area (Å²) in [5, 5.41) is 2.82. The normalized spacial score (nSPS) is 17.9. The van der Waals surface area contributed by atoms with E-state index in [9.17, 15) is 9.35 Å². The van der Waals surface area contributed by atoms with Gasteiger partial charge in [-0.05, 0) is 59.1 Å². The number of hydrogen-bond donors (Lipinski definition) is 2. The van der Waals surface area contributed by atoms with Crippen molar-refractivity contribution in [1.82, 2.24) is 9.71 Å². The largest absolute Gasteiger partial charge is 0.598 e. The fourth-order valence-electron chi connectivity index (χ4n) is 2.46. The Morgan fingerprint density at radius 2 is 2.07 bits per heavy atom. The molecule has 1 fully saturated rings. The van der Waals surface area contributed by atoms with Gasteiger partial charge < -0.3 is 9.29 Å². The topological polar surface area (TPSA) is 86.3 Å². The first-order chi connectivity index (χ1) is 12.5. The number of amides is 1. The van der Waals surface area contributed by atoms with Gasteiger partial charge in [-0.25, -0.2) is 4.79 Å². The molecule has 1 aliphatic rings. The maximum Gasteiger partial charge on any atom is 0.411 e. The number of hydrogen-bond acceptors (Lipinski definition) is 5. The Morgan fingerprint density at radius 1 is 1.41 bits per heavy atom. The Bertz CT molecular complexity index is 656.